The minimum atomic E-state index is -1.02. The molecule has 3 nitrogen and oxygen atoms in total. The molecule has 0 atom stereocenters. The summed E-state index contributed by atoms with van der Waals surface area (Å²) in [4.78, 5) is 16.4. The van der Waals surface area contributed by atoms with Gasteiger partial charge in [0.2, 0.25) is 0 Å². The highest BCUT2D eigenvalue weighted by atomic mass is 35.5. The summed E-state index contributed by atoms with van der Waals surface area (Å²) in [5, 5.41) is 10.2. The van der Waals surface area contributed by atoms with Crippen molar-refractivity contribution >= 4 is 40.9 Å². The van der Waals surface area contributed by atoms with E-state index in [1.807, 2.05) is 0 Å². The van der Waals surface area contributed by atoms with Crippen LogP contribution in [0.4, 0.5) is 0 Å². The molecule has 1 aromatic carbocycles. The normalized spacial score (nSPS) is 10.5. The molecule has 1 N–H and O–H groups in total. The van der Waals surface area contributed by atoms with Gasteiger partial charge >= 0.3 is 5.97 Å². The van der Waals surface area contributed by atoms with Crippen molar-refractivity contribution in [3.63, 3.8) is 0 Å². The second-order valence-corrected chi connectivity index (χ2v) is 5.73. The van der Waals surface area contributed by atoms with Crippen molar-refractivity contribution in [2.75, 3.05) is 0 Å². The van der Waals surface area contributed by atoms with Crippen LogP contribution in [-0.4, -0.2) is 16.1 Å². The summed E-state index contributed by atoms with van der Waals surface area (Å²) in [5.74, 6) is -1.02. The smallest absolute Gasteiger partial charge is 0.338 e. The molecule has 0 saturated carbocycles. The number of carboxylic acids is 1. The van der Waals surface area contributed by atoms with Crippen molar-refractivity contribution in [2.45, 2.75) is 16.7 Å². The van der Waals surface area contributed by atoms with E-state index in [-0.39, 0.29) is 5.56 Å². The van der Waals surface area contributed by atoms with Crippen LogP contribution in [0.15, 0.2) is 40.3 Å². The standard InChI is InChI=1S/C13H9Cl2NO2S/c1-7-4-11(9(6-16-7)13(17)18)19-12-5-8(14)2-3-10(12)15/h2-6H,1H3,(H,17,18). The van der Waals surface area contributed by atoms with Gasteiger partial charge in [-0.25, -0.2) is 4.79 Å². The molecule has 6 heteroatoms. The highest BCUT2D eigenvalue weighted by Crippen LogP contribution is 2.36. The van der Waals surface area contributed by atoms with E-state index < -0.39 is 5.97 Å². The van der Waals surface area contributed by atoms with Crippen LogP contribution in [0.25, 0.3) is 0 Å². The summed E-state index contributed by atoms with van der Waals surface area (Å²) in [6.07, 6.45) is 1.35. The van der Waals surface area contributed by atoms with Gasteiger partial charge in [-0.05, 0) is 31.2 Å². The molecule has 1 aromatic heterocycles. The number of benzene rings is 1. The first-order valence-electron chi connectivity index (χ1n) is 5.30. The first-order valence-corrected chi connectivity index (χ1v) is 6.87. The van der Waals surface area contributed by atoms with Gasteiger partial charge in [0.15, 0.2) is 0 Å². The lowest BCUT2D eigenvalue weighted by Crippen LogP contribution is -2.00. The number of pyridine rings is 1. The van der Waals surface area contributed by atoms with Crippen LogP contribution < -0.4 is 0 Å². The van der Waals surface area contributed by atoms with E-state index in [1.54, 1.807) is 31.2 Å². The quantitative estimate of drug-likeness (QED) is 0.903. The fourth-order valence-electron chi connectivity index (χ4n) is 1.45. The van der Waals surface area contributed by atoms with Crippen LogP contribution in [0.2, 0.25) is 10.0 Å². The Labute approximate surface area is 124 Å². The fourth-order valence-corrected chi connectivity index (χ4v) is 2.99. The number of halogens is 2. The van der Waals surface area contributed by atoms with E-state index in [1.165, 1.54) is 18.0 Å². The lowest BCUT2D eigenvalue weighted by Gasteiger charge is -2.08. The number of aromatic carboxylic acids is 1. The van der Waals surface area contributed by atoms with E-state index in [9.17, 15) is 4.79 Å². The first-order chi connectivity index (χ1) is 8.97. The molecule has 0 unspecified atom stereocenters. The highest BCUT2D eigenvalue weighted by Gasteiger charge is 2.13. The molecule has 0 spiro atoms. The maximum absolute atomic E-state index is 11.2. The second-order valence-electron chi connectivity index (χ2n) is 3.80. The Balaban J connectivity index is 2.45. The molecule has 0 aliphatic heterocycles. The Kier molecular flexibility index (Phi) is 4.34. The largest absolute Gasteiger partial charge is 0.478 e. The monoisotopic (exact) mass is 313 g/mol. The van der Waals surface area contributed by atoms with Crippen LogP contribution in [0, 0.1) is 6.92 Å². The summed E-state index contributed by atoms with van der Waals surface area (Å²) in [5.41, 5.74) is 0.886. The summed E-state index contributed by atoms with van der Waals surface area (Å²) < 4.78 is 0. The van der Waals surface area contributed by atoms with Gasteiger partial charge < -0.3 is 5.11 Å². The number of rotatable bonds is 3. The topological polar surface area (TPSA) is 50.2 Å². The van der Waals surface area contributed by atoms with Gasteiger partial charge in [-0.1, -0.05) is 35.0 Å². The summed E-state index contributed by atoms with van der Waals surface area (Å²) >= 11 is 13.3. The van der Waals surface area contributed by atoms with Gasteiger partial charge in [0.05, 0.1) is 10.6 Å². The van der Waals surface area contributed by atoms with E-state index in [2.05, 4.69) is 4.98 Å². The lowest BCUT2D eigenvalue weighted by atomic mass is 10.2. The van der Waals surface area contributed by atoms with Gasteiger partial charge in [-0.15, -0.1) is 0 Å². The molecule has 1 heterocycles. The molecule has 2 aromatic rings. The number of nitrogens with zero attached hydrogens (tertiary/aromatic N) is 1. The number of hydrogen-bond donors (Lipinski definition) is 1. The minimum absolute atomic E-state index is 0.145. The maximum atomic E-state index is 11.2. The Morgan fingerprint density at radius 3 is 2.68 bits per heavy atom. The van der Waals surface area contributed by atoms with Gasteiger partial charge in [0.1, 0.15) is 0 Å². The zero-order chi connectivity index (χ0) is 14.0. The Morgan fingerprint density at radius 2 is 2.00 bits per heavy atom. The first kappa shape index (κ1) is 14.2. The molecule has 0 saturated heterocycles. The molecular formula is C13H9Cl2NO2S. The molecule has 0 radical (unpaired) electrons. The van der Waals surface area contributed by atoms with Crippen molar-refractivity contribution in [3.8, 4) is 0 Å². The summed E-state index contributed by atoms with van der Waals surface area (Å²) in [6.45, 7) is 1.80. The minimum Gasteiger partial charge on any atom is -0.478 e. The molecule has 98 valence electrons. The Bertz CT molecular complexity index is 647. The molecule has 2 rings (SSSR count). The van der Waals surface area contributed by atoms with Crippen LogP contribution in [-0.2, 0) is 0 Å². The molecule has 0 amide bonds. The molecule has 19 heavy (non-hydrogen) atoms. The molecule has 0 fully saturated rings. The number of aromatic nitrogens is 1. The van der Waals surface area contributed by atoms with Crippen molar-refractivity contribution in [1.29, 1.82) is 0 Å². The van der Waals surface area contributed by atoms with E-state index in [0.29, 0.717) is 19.8 Å². The van der Waals surface area contributed by atoms with E-state index >= 15 is 0 Å². The second kappa shape index (κ2) is 5.82. The average Bonchev–Trinajstić information content (AvgIpc) is 2.33. The van der Waals surface area contributed by atoms with E-state index in [4.69, 9.17) is 28.3 Å². The number of hydrogen-bond acceptors (Lipinski definition) is 3. The van der Waals surface area contributed by atoms with Gasteiger partial charge in [-0.3, -0.25) is 4.98 Å². The van der Waals surface area contributed by atoms with Crippen molar-refractivity contribution in [1.82, 2.24) is 4.98 Å². The number of carboxylic acid groups (broad SMARTS) is 1. The SMILES string of the molecule is Cc1cc(Sc2cc(Cl)ccc2Cl)c(C(=O)O)cn1. The van der Waals surface area contributed by atoms with Crippen molar-refractivity contribution < 1.29 is 9.90 Å². The van der Waals surface area contributed by atoms with Gasteiger partial charge in [0.25, 0.3) is 0 Å². The third-order valence-electron chi connectivity index (χ3n) is 2.35. The maximum Gasteiger partial charge on any atom is 0.338 e. The van der Waals surface area contributed by atoms with Crippen molar-refractivity contribution in [2.24, 2.45) is 0 Å². The number of carbonyl (C=O) groups is 1. The third-order valence-corrected chi connectivity index (χ3v) is 4.14. The third kappa shape index (κ3) is 3.41. The van der Waals surface area contributed by atoms with Gasteiger partial charge in [0, 0.05) is 26.7 Å². The van der Waals surface area contributed by atoms with Gasteiger partial charge in [-0.2, -0.15) is 0 Å². The summed E-state index contributed by atoms with van der Waals surface area (Å²) in [6, 6.07) is 6.78. The molecule has 0 bridgehead atoms. The molecule has 0 aliphatic carbocycles. The van der Waals surface area contributed by atoms with Crippen LogP contribution >= 0.6 is 35.0 Å². The highest BCUT2D eigenvalue weighted by molar-refractivity contribution is 7.99. The predicted molar refractivity (Wildman–Crippen MR) is 76.5 cm³/mol. The van der Waals surface area contributed by atoms with Crippen LogP contribution in [0.5, 0.6) is 0 Å². The predicted octanol–water partition coefficient (Wildman–Crippen LogP) is 4.55. The Hall–Kier alpha value is -1.23. The zero-order valence-electron chi connectivity index (χ0n) is 9.85. The summed E-state index contributed by atoms with van der Waals surface area (Å²) in [7, 11) is 0. The van der Waals surface area contributed by atoms with Crippen LogP contribution in [0.3, 0.4) is 0 Å². The molecular weight excluding hydrogens is 305 g/mol. The van der Waals surface area contributed by atoms with Crippen molar-refractivity contribution in [3.05, 3.63) is 51.8 Å². The average molecular weight is 314 g/mol. The van der Waals surface area contributed by atoms with Crippen LogP contribution in [0.1, 0.15) is 16.1 Å². The van der Waals surface area contributed by atoms with E-state index in [0.717, 1.165) is 5.69 Å². The Morgan fingerprint density at radius 1 is 1.26 bits per heavy atom. The zero-order valence-corrected chi connectivity index (χ0v) is 12.2. The molecule has 0 aliphatic rings. The fraction of sp³-hybridized carbons (Fsp3) is 0.0769. The number of aryl methyl sites for hydroxylation is 1. The lowest BCUT2D eigenvalue weighted by molar-refractivity contribution is 0.0692.